The first-order chi connectivity index (χ1) is 9.70. The summed E-state index contributed by atoms with van der Waals surface area (Å²) in [5, 5.41) is 15.3. The molecule has 1 amide bonds. The molecule has 2 heterocycles. The number of aliphatic hydroxyl groups excluding tert-OH is 1. The molecule has 0 unspecified atom stereocenters. The number of rotatable bonds is 3. The van der Waals surface area contributed by atoms with Crippen LogP contribution in [0.2, 0.25) is 0 Å². The Balaban J connectivity index is 2.11. The Labute approximate surface area is 116 Å². The lowest BCUT2D eigenvalue weighted by atomic mass is 10.3. The molecule has 20 heavy (non-hydrogen) atoms. The summed E-state index contributed by atoms with van der Waals surface area (Å²) in [5.41, 5.74) is 0.991. The van der Waals surface area contributed by atoms with Crippen LogP contribution in [0.4, 0.5) is 5.82 Å². The van der Waals surface area contributed by atoms with E-state index >= 15 is 0 Å². The van der Waals surface area contributed by atoms with Crippen LogP contribution in [0.3, 0.4) is 0 Å². The average Bonchev–Trinajstić information content (AvgIpc) is 2.86. The molecule has 2 rings (SSSR count). The number of hydrogen-bond acceptors (Lipinski definition) is 4. The van der Waals surface area contributed by atoms with Gasteiger partial charge in [0.15, 0.2) is 0 Å². The average molecular weight is 270 g/mol. The molecule has 0 radical (unpaired) electrons. The Hall–Kier alpha value is -2.65. The van der Waals surface area contributed by atoms with Crippen LogP contribution in [0.15, 0.2) is 30.5 Å². The Bertz CT molecular complexity index is 667. The highest BCUT2D eigenvalue weighted by atomic mass is 16.2. The Kier molecular flexibility index (Phi) is 4.47. The zero-order valence-corrected chi connectivity index (χ0v) is 11.0. The van der Waals surface area contributed by atoms with Crippen molar-refractivity contribution < 1.29 is 9.90 Å². The Morgan fingerprint density at radius 2 is 2.30 bits per heavy atom. The number of carbonyl (C=O) groups is 1. The molecule has 0 fully saturated rings. The van der Waals surface area contributed by atoms with Crippen molar-refractivity contribution in [3.63, 3.8) is 0 Å². The number of pyridine rings is 1. The summed E-state index contributed by atoms with van der Waals surface area (Å²) >= 11 is 0. The van der Waals surface area contributed by atoms with Crippen molar-refractivity contribution in [1.82, 2.24) is 14.8 Å². The SMILES string of the molecule is Cn1nccc1C(=O)Nc1cccc(C#CCCO)n1. The van der Waals surface area contributed by atoms with Gasteiger partial charge in [0.1, 0.15) is 17.2 Å². The molecule has 0 saturated heterocycles. The summed E-state index contributed by atoms with van der Waals surface area (Å²) in [6, 6.07) is 6.81. The molecule has 0 atom stereocenters. The predicted octanol–water partition coefficient (Wildman–Crippen LogP) is 0.801. The lowest BCUT2D eigenvalue weighted by molar-refractivity contribution is 0.101. The van der Waals surface area contributed by atoms with E-state index in [-0.39, 0.29) is 12.5 Å². The first-order valence-electron chi connectivity index (χ1n) is 6.07. The third-order valence-corrected chi connectivity index (χ3v) is 2.50. The molecule has 2 aromatic rings. The van der Waals surface area contributed by atoms with Crippen LogP contribution < -0.4 is 5.32 Å². The van der Waals surface area contributed by atoms with Gasteiger partial charge in [-0.25, -0.2) is 4.98 Å². The predicted molar refractivity (Wildman–Crippen MR) is 74.0 cm³/mol. The second-order valence-electron chi connectivity index (χ2n) is 3.98. The fraction of sp³-hybridized carbons (Fsp3) is 0.214. The van der Waals surface area contributed by atoms with E-state index in [4.69, 9.17) is 5.11 Å². The minimum atomic E-state index is -0.280. The Morgan fingerprint density at radius 3 is 3.00 bits per heavy atom. The van der Waals surface area contributed by atoms with Crippen LogP contribution in [0.1, 0.15) is 22.6 Å². The zero-order valence-electron chi connectivity index (χ0n) is 11.0. The van der Waals surface area contributed by atoms with Crippen molar-refractivity contribution in [2.45, 2.75) is 6.42 Å². The van der Waals surface area contributed by atoms with Crippen LogP contribution in [0.5, 0.6) is 0 Å². The molecule has 2 aromatic heterocycles. The van der Waals surface area contributed by atoms with Crippen molar-refractivity contribution in [3.05, 3.63) is 41.9 Å². The maximum atomic E-state index is 12.0. The Morgan fingerprint density at radius 1 is 1.45 bits per heavy atom. The van der Waals surface area contributed by atoms with Gasteiger partial charge in [-0.05, 0) is 24.1 Å². The largest absolute Gasteiger partial charge is 0.395 e. The summed E-state index contributed by atoms with van der Waals surface area (Å²) in [5.74, 6) is 5.74. The van der Waals surface area contributed by atoms with E-state index in [0.29, 0.717) is 23.6 Å². The number of nitrogens with one attached hydrogen (secondary N) is 1. The molecular weight excluding hydrogens is 256 g/mol. The van der Waals surface area contributed by atoms with Gasteiger partial charge in [0.25, 0.3) is 5.91 Å². The highest BCUT2D eigenvalue weighted by Crippen LogP contribution is 2.07. The third kappa shape index (κ3) is 3.43. The molecular formula is C14H14N4O2. The lowest BCUT2D eigenvalue weighted by Crippen LogP contribution is -2.16. The van der Waals surface area contributed by atoms with Gasteiger partial charge in [0, 0.05) is 19.7 Å². The number of aryl methyl sites for hydroxylation is 1. The number of carbonyl (C=O) groups excluding carboxylic acids is 1. The number of aliphatic hydroxyl groups is 1. The quantitative estimate of drug-likeness (QED) is 0.808. The topological polar surface area (TPSA) is 80.0 Å². The fourth-order valence-electron chi connectivity index (χ4n) is 1.56. The number of anilines is 1. The van der Waals surface area contributed by atoms with Gasteiger partial charge in [-0.2, -0.15) is 5.10 Å². The molecule has 0 aliphatic carbocycles. The molecule has 6 nitrogen and oxygen atoms in total. The van der Waals surface area contributed by atoms with Crippen molar-refractivity contribution in [2.24, 2.45) is 7.05 Å². The van der Waals surface area contributed by atoms with Crippen molar-refractivity contribution >= 4 is 11.7 Å². The monoisotopic (exact) mass is 270 g/mol. The van der Waals surface area contributed by atoms with Gasteiger partial charge in [-0.15, -0.1) is 0 Å². The molecule has 2 N–H and O–H groups in total. The van der Waals surface area contributed by atoms with Gasteiger partial charge in [0.2, 0.25) is 0 Å². The number of nitrogens with zero attached hydrogens (tertiary/aromatic N) is 3. The summed E-state index contributed by atoms with van der Waals surface area (Å²) in [7, 11) is 1.69. The van der Waals surface area contributed by atoms with Crippen molar-refractivity contribution in [1.29, 1.82) is 0 Å². The van der Waals surface area contributed by atoms with Crippen molar-refractivity contribution in [2.75, 3.05) is 11.9 Å². The smallest absolute Gasteiger partial charge is 0.275 e. The van der Waals surface area contributed by atoms with Gasteiger partial charge in [-0.1, -0.05) is 12.0 Å². The van der Waals surface area contributed by atoms with E-state index in [0.717, 1.165) is 0 Å². The minimum Gasteiger partial charge on any atom is -0.395 e. The minimum absolute atomic E-state index is 0.0178. The van der Waals surface area contributed by atoms with E-state index in [1.54, 1.807) is 37.5 Å². The first-order valence-corrected chi connectivity index (χ1v) is 6.07. The standard InChI is InChI=1S/C14H14N4O2/c1-18-12(8-9-15-18)14(20)17-13-7-4-6-11(16-13)5-2-3-10-19/h4,6-9,19H,3,10H2,1H3,(H,16,17,20). The second kappa shape index (κ2) is 6.50. The normalized spacial score (nSPS) is 9.70. The molecule has 0 spiro atoms. The van der Waals surface area contributed by atoms with E-state index in [1.165, 1.54) is 4.68 Å². The van der Waals surface area contributed by atoms with Crippen molar-refractivity contribution in [3.8, 4) is 11.8 Å². The van der Waals surface area contributed by atoms with Crippen LogP contribution >= 0.6 is 0 Å². The molecule has 102 valence electrons. The third-order valence-electron chi connectivity index (χ3n) is 2.50. The van der Waals surface area contributed by atoms with E-state index in [9.17, 15) is 4.79 Å². The van der Waals surface area contributed by atoms with E-state index < -0.39 is 0 Å². The highest BCUT2D eigenvalue weighted by molar-refractivity contribution is 6.02. The second-order valence-corrected chi connectivity index (χ2v) is 3.98. The molecule has 0 aromatic carbocycles. The van der Waals surface area contributed by atoms with Gasteiger partial charge in [-0.3, -0.25) is 9.48 Å². The van der Waals surface area contributed by atoms with Crippen LogP contribution in [-0.4, -0.2) is 32.4 Å². The summed E-state index contributed by atoms with van der Waals surface area (Å²) in [6.45, 7) is 0.0178. The van der Waals surface area contributed by atoms with Gasteiger partial charge >= 0.3 is 0 Å². The lowest BCUT2D eigenvalue weighted by Gasteiger charge is -2.04. The number of aromatic nitrogens is 3. The molecule has 0 aliphatic rings. The molecule has 0 aliphatic heterocycles. The number of amides is 1. The van der Waals surface area contributed by atoms with Crippen LogP contribution in [0.25, 0.3) is 0 Å². The summed E-state index contributed by atoms with van der Waals surface area (Å²) in [6.07, 6.45) is 1.95. The van der Waals surface area contributed by atoms with Crippen LogP contribution in [-0.2, 0) is 7.05 Å². The van der Waals surface area contributed by atoms with E-state index in [1.807, 2.05) is 0 Å². The molecule has 0 bridgehead atoms. The van der Waals surface area contributed by atoms with Crippen LogP contribution in [0, 0.1) is 11.8 Å². The maximum Gasteiger partial charge on any atom is 0.275 e. The molecule has 0 saturated carbocycles. The fourth-order valence-corrected chi connectivity index (χ4v) is 1.56. The van der Waals surface area contributed by atoms with E-state index in [2.05, 4.69) is 27.2 Å². The molecule has 6 heteroatoms. The highest BCUT2D eigenvalue weighted by Gasteiger charge is 2.10. The zero-order chi connectivity index (χ0) is 14.4. The maximum absolute atomic E-state index is 12.0. The summed E-state index contributed by atoms with van der Waals surface area (Å²) in [4.78, 5) is 16.2. The summed E-state index contributed by atoms with van der Waals surface area (Å²) < 4.78 is 1.49. The number of hydrogen-bond donors (Lipinski definition) is 2. The van der Waals surface area contributed by atoms with Gasteiger partial charge < -0.3 is 10.4 Å². The first kappa shape index (κ1) is 13.8. The van der Waals surface area contributed by atoms with Gasteiger partial charge in [0.05, 0.1) is 6.61 Å².